The van der Waals surface area contributed by atoms with E-state index in [1.54, 1.807) is 12.1 Å². The zero-order valence-corrected chi connectivity index (χ0v) is 11.3. The van der Waals surface area contributed by atoms with Crippen molar-refractivity contribution in [3.8, 4) is 0 Å². The highest BCUT2D eigenvalue weighted by atomic mass is 35.5. The van der Waals surface area contributed by atoms with E-state index in [0.29, 0.717) is 10.0 Å². The number of hydrogen-bond acceptors (Lipinski definition) is 3. The monoisotopic (exact) mass is 299 g/mol. The molecule has 0 fully saturated rings. The first-order valence-electron chi connectivity index (χ1n) is 4.89. The standard InChI is InChI=1S/C12H7Cl2NO2S/c13-7-1-3-8(4-2-7)18-11-10(14)9(12(16)17)5-6-15-11/h1-6H,(H,16,17). The van der Waals surface area contributed by atoms with Crippen LogP contribution in [0.2, 0.25) is 10.0 Å². The third kappa shape index (κ3) is 2.96. The highest BCUT2D eigenvalue weighted by Gasteiger charge is 2.14. The maximum Gasteiger partial charge on any atom is 0.337 e. The van der Waals surface area contributed by atoms with Gasteiger partial charge in [-0.2, -0.15) is 0 Å². The summed E-state index contributed by atoms with van der Waals surface area (Å²) in [5.41, 5.74) is 0.0446. The first-order chi connectivity index (χ1) is 8.58. The summed E-state index contributed by atoms with van der Waals surface area (Å²) in [6, 6.07) is 8.51. The Morgan fingerprint density at radius 2 is 1.83 bits per heavy atom. The van der Waals surface area contributed by atoms with Crippen LogP contribution in [0.25, 0.3) is 0 Å². The van der Waals surface area contributed by atoms with Crippen LogP contribution in [0.15, 0.2) is 46.5 Å². The molecule has 0 aliphatic heterocycles. The van der Waals surface area contributed by atoms with E-state index in [-0.39, 0.29) is 10.6 Å². The molecule has 0 aliphatic rings. The molecule has 0 spiro atoms. The Hall–Kier alpha value is -1.23. The van der Waals surface area contributed by atoms with E-state index in [4.69, 9.17) is 28.3 Å². The van der Waals surface area contributed by atoms with Crippen molar-refractivity contribution in [3.05, 3.63) is 52.1 Å². The minimum absolute atomic E-state index is 0.0446. The molecule has 18 heavy (non-hydrogen) atoms. The van der Waals surface area contributed by atoms with Gasteiger partial charge >= 0.3 is 5.97 Å². The highest BCUT2D eigenvalue weighted by molar-refractivity contribution is 7.99. The lowest BCUT2D eigenvalue weighted by Crippen LogP contribution is -1.99. The minimum atomic E-state index is -1.07. The Balaban J connectivity index is 2.32. The van der Waals surface area contributed by atoms with Gasteiger partial charge in [0.15, 0.2) is 0 Å². The topological polar surface area (TPSA) is 50.2 Å². The van der Waals surface area contributed by atoms with E-state index < -0.39 is 5.97 Å². The van der Waals surface area contributed by atoms with Crippen LogP contribution in [0.3, 0.4) is 0 Å². The van der Waals surface area contributed by atoms with Crippen LogP contribution in [0.1, 0.15) is 10.4 Å². The smallest absolute Gasteiger partial charge is 0.337 e. The minimum Gasteiger partial charge on any atom is -0.478 e. The number of pyridine rings is 1. The molecule has 1 heterocycles. The van der Waals surface area contributed by atoms with Gasteiger partial charge in [-0.15, -0.1) is 0 Å². The third-order valence-electron chi connectivity index (χ3n) is 2.12. The molecular weight excluding hydrogens is 293 g/mol. The van der Waals surface area contributed by atoms with Crippen molar-refractivity contribution in [1.82, 2.24) is 4.98 Å². The summed E-state index contributed by atoms with van der Waals surface area (Å²) in [6.07, 6.45) is 1.42. The summed E-state index contributed by atoms with van der Waals surface area (Å²) in [4.78, 5) is 15.9. The number of hydrogen-bond donors (Lipinski definition) is 1. The first-order valence-corrected chi connectivity index (χ1v) is 6.46. The summed E-state index contributed by atoms with van der Waals surface area (Å²) >= 11 is 13.1. The van der Waals surface area contributed by atoms with Crippen molar-refractivity contribution in [2.75, 3.05) is 0 Å². The third-order valence-corrected chi connectivity index (χ3v) is 3.87. The van der Waals surface area contributed by atoms with E-state index >= 15 is 0 Å². The molecular formula is C12H7Cl2NO2S. The molecule has 2 rings (SSSR count). The lowest BCUT2D eigenvalue weighted by atomic mass is 10.3. The fraction of sp³-hybridized carbons (Fsp3) is 0. The second-order valence-corrected chi connectivity index (χ2v) is 5.22. The molecule has 0 bridgehead atoms. The maximum absolute atomic E-state index is 10.9. The van der Waals surface area contributed by atoms with Gasteiger partial charge in [0.2, 0.25) is 0 Å². The summed E-state index contributed by atoms with van der Waals surface area (Å²) in [5, 5.41) is 10.2. The van der Waals surface area contributed by atoms with Gasteiger partial charge in [0.05, 0.1) is 10.6 Å². The van der Waals surface area contributed by atoms with Crippen molar-refractivity contribution in [1.29, 1.82) is 0 Å². The molecule has 0 radical (unpaired) electrons. The van der Waals surface area contributed by atoms with Gasteiger partial charge in [-0.05, 0) is 30.3 Å². The van der Waals surface area contributed by atoms with E-state index in [2.05, 4.69) is 4.98 Å². The summed E-state index contributed by atoms with van der Waals surface area (Å²) in [5.74, 6) is -1.07. The average molecular weight is 300 g/mol. The second-order valence-electron chi connectivity index (χ2n) is 3.34. The molecule has 6 heteroatoms. The Bertz CT molecular complexity index is 587. The molecule has 0 amide bonds. The van der Waals surface area contributed by atoms with Gasteiger partial charge in [0, 0.05) is 16.1 Å². The number of aromatic nitrogens is 1. The summed E-state index contributed by atoms with van der Waals surface area (Å²) in [6.45, 7) is 0. The molecule has 0 unspecified atom stereocenters. The Morgan fingerprint density at radius 3 is 2.44 bits per heavy atom. The van der Waals surface area contributed by atoms with E-state index in [9.17, 15) is 4.79 Å². The second kappa shape index (κ2) is 5.61. The fourth-order valence-electron chi connectivity index (χ4n) is 1.28. The number of nitrogens with zero attached hydrogens (tertiary/aromatic N) is 1. The number of aromatic carboxylic acids is 1. The predicted molar refractivity (Wildman–Crippen MR) is 71.8 cm³/mol. The van der Waals surface area contributed by atoms with Crippen LogP contribution < -0.4 is 0 Å². The van der Waals surface area contributed by atoms with Gasteiger partial charge in [-0.3, -0.25) is 0 Å². The van der Waals surface area contributed by atoms with E-state index in [1.165, 1.54) is 24.0 Å². The van der Waals surface area contributed by atoms with Crippen molar-refractivity contribution >= 4 is 40.9 Å². The summed E-state index contributed by atoms with van der Waals surface area (Å²) in [7, 11) is 0. The number of carboxylic acids is 1. The Morgan fingerprint density at radius 1 is 1.17 bits per heavy atom. The van der Waals surface area contributed by atoms with Gasteiger partial charge in [-0.1, -0.05) is 35.0 Å². The number of benzene rings is 1. The van der Waals surface area contributed by atoms with Crippen LogP contribution in [0, 0.1) is 0 Å². The molecule has 0 atom stereocenters. The van der Waals surface area contributed by atoms with E-state index in [0.717, 1.165) is 4.90 Å². The average Bonchev–Trinajstić information content (AvgIpc) is 2.34. The van der Waals surface area contributed by atoms with Crippen LogP contribution in [-0.4, -0.2) is 16.1 Å². The molecule has 3 nitrogen and oxygen atoms in total. The Labute approximate surface area is 118 Å². The zero-order chi connectivity index (χ0) is 13.1. The molecule has 92 valence electrons. The number of carbonyl (C=O) groups is 1. The number of halogens is 2. The van der Waals surface area contributed by atoms with Gasteiger partial charge in [-0.25, -0.2) is 9.78 Å². The lowest BCUT2D eigenvalue weighted by Gasteiger charge is -2.05. The normalized spacial score (nSPS) is 10.3. The van der Waals surface area contributed by atoms with Crippen molar-refractivity contribution in [2.45, 2.75) is 9.92 Å². The predicted octanol–water partition coefficient (Wildman–Crippen LogP) is 4.24. The van der Waals surface area contributed by atoms with Crippen LogP contribution in [0.5, 0.6) is 0 Å². The Kier molecular flexibility index (Phi) is 4.11. The van der Waals surface area contributed by atoms with E-state index in [1.807, 2.05) is 12.1 Å². The molecule has 0 saturated heterocycles. The van der Waals surface area contributed by atoms with Gasteiger partial charge < -0.3 is 5.11 Å². The number of carboxylic acid groups (broad SMARTS) is 1. The highest BCUT2D eigenvalue weighted by Crippen LogP contribution is 2.33. The molecule has 2 aromatic rings. The lowest BCUT2D eigenvalue weighted by molar-refractivity contribution is 0.0696. The largest absolute Gasteiger partial charge is 0.478 e. The van der Waals surface area contributed by atoms with Crippen molar-refractivity contribution < 1.29 is 9.90 Å². The van der Waals surface area contributed by atoms with Gasteiger partial charge in [0.1, 0.15) is 5.03 Å². The molecule has 0 saturated carbocycles. The molecule has 1 aromatic heterocycles. The fourth-order valence-corrected chi connectivity index (χ4v) is 2.52. The van der Waals surface area contributed by atoms with Crippen molar-refractivity contribution in [3.63, 3.8) is 0 Å². The summed E-state index contributed by atoms with van der Waals surface area (Å²) < 4.78 is 0. The van der Waals surface area contributed by atoms with Crippen LogP contribution in [0.4, 0.5) is 0 Å². The molecule has 1 N–H and O–H groups in total. The van der Waals surface area contributed by atoms with Crippen LogP contribution >= 0.6 is 35.0 Å². The van der Waals surface area contributed by atoms with Crippen molar-refractivity contribution in [2.24, 2.45) is 0 Å². The first kappa shape index (κ1) is 13.2. The maximum atomic E-state index is 10.9. The van der Waals surface area contributed by atoms with Gasteiger partial charge in [0.25, 0.3) is 0 Å². The number of rotatable bonds is 3. The molecule has 0 aliphatic carbocycles. The quantitative estimate of drug-likeness (QED) is 0.921. The zero-order valence-electron chi connectivity index (χ0n) is 8.93. The SMILES string of the molecule is O=C(O)c1ccnc(Sc2ccc(Cl)cc2)c1Cl. The van der Waals surface area contributed by atoms with Crippen LogP contribution in [-0.2, 0) is 0 Å². The molecule has 1 aromatic carbocycles.